The molecule has 20 aromatic rings. The molecule has 104 heavy (non-hydrogen) atoms. The van der Waals surface area contributed by atoms with E-state index in [1.54, 1.807) is 0 Å². The average molecular weight is 1340 g/mol. The third-order valence-corrected chi connectivity index (χ3v) is 22.2. The van der Waals surface area contributed by atoms with E-state index in [-0.39, 0.29) is 5.41 Å². The van der Waals surface area contributed by atoms with Crippen LogP contribution >= 0.6 is 11.3 Å². The Bertz CT molecular complexity index is 6740. The standard InChI is InChI=1S/C49H29N3S.C47H32N4/c1-3-11-32(12-4-1)47-50-48(33-13-5-2-6-14-33)52-49(51-47)42-28-27-36(38-15-7-8-16-39(38)42)34-24-25-37-35(29-34)22-21-30-19-20-31-23-26-41-40-17-9-10-18-43(40)53-46(41)45(31)44(30)37;1-47(2)39-16-10-9-15-37(39)38-25-21-30-18-17-29-19-20-33-27-34(22-24-36(33)41(29)42(30)43(38)47)40-26-23-35(28-48-40)46-50-44(31-11-5-3-6-12-31)49-45(51-46)32-13-7-4-8-14-32/h1-29H;3-28H,1-2H3. The molecular formula is C96H61N7S. The minimum absolute atomic E-state index is 0.101. The second-order valence-electron chi connectivity index (χ2n) is 27.4. The lowest BCUT2D eigenvalue weighted by molar-refractivity contribution is 0.666. The monoisotopic (exact) mass is 1340 g/mol. The molecule has 0 saturated heterocycles. The zero-order chi connectivity index (χ0) is 69.0. The Morgan fingerprint density at radius 3 is 1.23 bits per heavy atom. The molecule has 0 spiro atoms. The third kappa shape index (κ3) is 10.2. The zero-order valence-corrected chi connectivity index (χ0v) is 57.6. The molecule has 1 aliphatic carbocycles. The highest BCUT2D eigenvalue weighted by Crippen LogP contribution is 2.53. The third-order valence-electron chi connectivity index (χ3n) is 21.0. The number of thiophene rings is 1. The smallest absolute Gasteiger partial charge is 0.165 e. The van der Waals surface area contributed by atoms with Crippen molar-refractivity contribution >= 4 is 107 Å². The van der Waals surface area contributed by atoms with Crippen molar-refractivity contribution in [3.8, 4) is 102 Å². The van der Waals surface area contributed by atoms with Crippen LogP contribution in [-0.4, -0.2) is 34.9 Å². The lowest BCUT2D eigenvalue weighted by Crippen LogP contribution is -2.15. The largest absolute Gasteiger partial charge is 0.255 e. The number of pyridine rings is 1. The van der Waals surface area contributed by atoms with Gasteiger partial charge in [-0.05, 0) is 140 Å². The summed E-state index contributed by atoms with van der Waals surface area (Å²) in [6.45, 7) is 4.74. The molecule has 4 heterocycles. The highest BCUT2D eigenvalue weighted by atomic mass is 32.1. The first kappa shape index (κ1) is 60.7. The van der Waals surface area contributed by atoms with E-state index < -0.39 is 0 Å². The van der Waals surface area contributed by atoms with Crippen LogP contribution < -0.4 is 0 Å². The van der Waals surface area contributed by atoms with Crippen molar-refractivity contribution in [2.75, 3.05) is 0 Å². The molecule has 1 aliphatic rings. The molecule has 4 aromatic heterocycles. The number of rotatable bonds is 8. The molecule has 0 atom stereocenters. The first-order valence-corrected chi connectivity index (χ1v) is 36.1. The fourth-order valence-corrected chi connectivity index (χ4v) is 17.3. The van der Waals surface area contributed by atoms with Crippen molar-refractivity contribution in [2.45, 2.75) is 19.3 Å². The maximum Gasteiger partial charge on any atom is 0.165 e. The number of nitrogens with zero attached hydrogens (tertiary/aromatic N) is 7. The average Bonchev–Trinajstić information content (AvgIpc) is 1.51. The number of hydrogen-bond donors (Lipinski definition) is 0. The van der Waals surface area contributed by atoms with Crippen LogP contribution in [0.3, 0.4) is 0 Å². The summed E-state index contributed by atoms with van der Waals surface area (Å²) in [6.07, 6.45) is 1.87. The molecule has 0 amide bonds. The van der Waals surface area contributed by atoms with Gasteiger partial charge in [0.05, 0.1) is 5.69 Å². The Balaban J connectivity index is 0.000000139. The van der Waals surface area contributed by atoms with Gasteiger partial charge in [0.15, 0.2) is 34.9 Å². The summed E-state index contributed by atoms with van der Waals surface area (Å²) in [7, 11) is 0. The van der Waals surface area contributed by atoms with E-state index in [9.17, 15) is 0 Å². The van der Waals surface area contributed by atoms with Gasteiger partial charge in [-0.15, -0.1) is 11.3 Å². The molecular weight excluding hydrogens is 1280 g/mol. The Morgan fingerprint density at radius 1 is 0.250 bits per heavy atom. The highest BCUT2D eigenvalue weighted by Gasteiger charge is 2.37. The predicted molar refractivity (Wildman–Crippen MR) is 434 cm³/mol. The molecule has 0 aliphatic heterocycles. The molecule has 0 bridgehead atoms. The molecule has 21 rings (SSSR count). The van der Waals surface area contributed by atoms with Gasteiger partial charge in [-0.2, -0.15) is 0 Å². The van der Waals surface area contributed by atoms with Gasteiger partial charge in [0.2, 0.25) is 0 Å². The summed E-state index contributed by atoms with van der Waals surface area (Å²) in [4.78, 5) is 34.6. The van der Waals surface area contributed by atoms with E-state index in [4.69, 9.17) is 34.9 Å². The van der Waals surface area contributed by atoms with Crippen molar-refractivity contribution in [2.24, 2.45) is 0 Å². The van der Waals surface area contributed by atoms with Crippen LogP contribution in [0.5, 0.6) is 0 Å². The van der Waals surface area contributed by atoms with Crippen LogP contribution in [0.4, 0.5) is 0 Å². The molecule has 8 heteroatoms. The van der Waals surface area contributed by atoms with Gasteiger partial charge in [-0.25, -0.2) is 29.9 Å². The topological polar surface area (TPSA) is 90.2 Å². The normalized spacial score (nSPS) is 12.4. The summed E-state index contributed by atoms with van der Waals surface area (Å²) in [6, 6.07) is 116. The van der Waals surface area contributed by atoms with Gasteiger partial charge in [0.25, 0.3) is 0 Å². The number of aromatic nitrogens is 7. The molecule has 0 fully saturated rings. The van der Waals surface area contributed by atoms with Crippen LogP contribution in [0.2, 0.25) is 0 Å². The number of fused-ring (bicyclic) bond motifs is 19. The second-order valence-corrected chi connectivity index (χ2v) is 28.5. The fraction of sp³-hybridized carbons (Fsp3) is 0.0312. The van der Waals surface area contributed by atoms with Gasteiger partial charge in [0, 0.05) is 76.1 Å². The van der Waals surface area contributed by atoms with Gasteiger partial charge >= 0.3 is 0 Å². The zero-order valence-electron chi connectivity index (χ0n) is 56.8. The Morgan fingerprint density at radius 2 is 0.654 bits per heavy atom. The van der Waals surface area contributed by atoms with Crippen molar-refractivity contribution in [3.63, 3.8) is 0 Å². The van der Waals surface area contributed by atoms with Crippen LogP contribution in [0, 0.1) is 0 Å². The number of hydrogen-bond acceptors (Lipinski definition) is 8. The SMILES string of the molecule is CC1(C)c2ccccc2-c2ccc3ccc4ccc5cc(-c6ccc(-c7nc(-c8ccccc8)nc(-c8ccccc8)n7)cn6)ccc5c4c3c21.c1ccc(-c2nc(-c3ccccc3)nc(-c3ccc(-c4ccc5c(ccc6ccc7ccc8c9ccccc9sc8c7c65)c4)c4ccccc34)n2)cc1. The van der Waals surface area contributed by atoms with E-state index >= 15 is 0 Å². The molecule has 16 aromatic carbocycles. The summed E-state index contributed by atoms with van der Waals surface area (Å²) in [5.41, 5.74) is 15.3. The molecule has 7 nitrogen and oxygen atoms in total. The molecule has 0 unspecified atom stereocenters. The summed E-state index contributed by atoms with van der Waals surface area (Å²) < 4.78 is 2.69. The van der Waals surface area contributed by atoms with Gasteiger partial charge in [-0.3, -0.25) is 4.98 Å². The van der Waals surface area contributed by atoms with E-state index in [0.717, 1.165) is 55.4 Å². The molecule has 486 valence electrons. The Labute approximate surface area is 603 Å². The minimum atomic E-state index is -0.101. The second kappa shape index (κ2) is 24.5. The maximum absolute atomic E-state index is 5.06. The first-order chi connectivity index (χ1) is 51.3. The van der Waals surface area contributed by atoms with E-state index in [2.05, 4.69) is 220 Å². The minimum Gasteiger partial charge on any atom is -0.255 e. The van der Waals surface area contributed by atoms with Crippen LogP contribution in [0.15, 0.2) is 334 Å². The Kier molecular flexibility index (Phi) is 14.3. The van der Waals surface area contributed by atoms with Crippen LogP contribution in [-0.2, 0) is 5.41 Å². The van der Waals surface area contributed by atoms with E-state index in [1.165, 1.54) is 118 Å². The molecule has 0 N–H and O–H groups in total. The quantitative estimate of drug-likeness (QED) is 0.140. The summed E-state index contributed by atoms with van der Waals surface area (Å²) in [5.74, 6) is 3.84. The van der Waals surface area contributed by atoms with Crippen LogP contribution in [0.25, 0.3) is 197 Å². The Hall–Kier alpha value is -13.3. The lowest BCUT2D eigenvalue weighted by atomic mass is 9.79. The van der Waals surface area contributed by atoms with Gasteiger partial charge < -0.3 is 0 Å². The number of benzene rings is 16. The summed E-state index contributed by atoms with van der Waals surface area (Å²) >= 11 is 1.90. The van der Waals surface area contributed by atoms with Crippen molar-refractivity contribution < 1.29 is 0 Å². The molecule has 0 saturated carbocycles. The van der Waals surface area contributed by atoms with Crippen molar-refractivity contribution in [1.29, 1.82) is 0 Å². The van der Waals surface area contributed by atoms with Crippen molar-refractivity contribution in [3.05, 3.63) is 345 Å². The summed E-state index contributed by atoms with van der Waals surface area (Å²) in [5, 5.41) is 20.3. The van der Waals surface area contributed by atoms with Crippen LogP contribution in [0.1, 0.15) is 25.0 Å². The maximum atomic E-state index is 5.06. The lowest BCUT2D eigenvalue weighted by Gasteiger charge is -2.24. The van der Waals surface area contributed by atoms with Gasteiger partial charge in [0.1, 0.15) is 0 Å². The van der Waals surface area contributed by atoms with E-state index in [0.29, 0.717) is 34.9 Å². The first-order valence-electron chi connectivity index (χ1n) is 35.2. The van der Waals surface area contributed by atoms with E-state index in [1.807, 2.05) is 139 Å². The molecule has 0 radical (unpaired) electrons. The van der Waals surface area contributed by atoms with Gasteiger partial charge in [-0.1, -0.05) is 305 Å². The fourth-order valence-electron chi connectivity index (χ4n) is 16.0. The van der Waals surface area contributed by atoms with Crippen molar-refractivity contribution in [1.82, 2.24) is 34.9 Å². The predicted octanol–water partition coefficient (Wildman–Crippen LogP) is 25.2. The highest BCUT2D eigenvalue weighted by molar-refractivity contribution is 7.26.